The molecule has 1 aliphatic rings. The van der Waals surface area contributed by atoms with Crippen LogP contribution in [0.1, 0.15) is 30.9 Å². The zero-order chi connectivity index (χ0) is 18.6. The number of hydrogen-bond acceptors (Lipinski definition) is 4. The third-order valence-corrected chi connectivity index (χ3v) is 4.61. The average molecular weight is 350 g/mol. The summed E-state index contributed by atoms with van der Waals surface area (Å²) in [7, 11) is 1.80. The number of morpholine rings is 1. The monoisotopic (exact) mass is 350 g/mol. The molecule has 1 unspecified atom stereocenters. The second-order valence-electron chi connectivity index (χ2n) is 6.39. The minimum atomic E-state index is -0.976. The van der Waals surface area contributed by atoms with Crippen LogP contribution in [-0.4, -0.2) is 31.0 Å². The molecule has 3 rings (SSSR count). The Morgan fingerprint density at radius 3 is 2.85 bits per heavy atom. The van der Waals surface area contributed by atoms with E-state index in [0.29, 0.717) is 36.6 Å². The largest absolute Gasteiger partial charge is 0.456 e. The van der Waals surface area contributed by atoms with E-state index in [2.05, 4.69) is 6.07 Å². The van der Waals surface area contributed by atoms with E-state index in [1.54, 1.807) is 30.1 Å². The van der Waals surface area contributed by atoms with Crippen LogP contribution in [0.25, 0.3) is 0 Å². The number of carbonyl (C=O) groups excluding carboxylic acids is 1. The van der Waals surface area contributed by atoms with Crippen molar-refractivity contribution in [2.24, 2.45) is 0 Å². The lowest BCUT2D eigenvalue weighted by atomic mass is 9.86. The highest BCUT2D eigenvalue weighted by molar-refractivity contribution is 5.87. The molecule has 5 heteroatoms. The molecule has 26 heavy (non-hydrogen) atoms. The molecule has 2 aromatic carbocycles. The molecule has 1 saturated heterocycles. The van der Waals surface area contributed by atoms with Gasteiger partial charge in [0.25, 0.3) is 5.91 Å². The SMILES string of the molecule is CCCC1(c2cccc(Oc3ccccc3C#N)c2)OCCN(C)C1=O. The lowest BCUT2D eigenvalue weighted by molar-refractivity contribution is -0.173. The molecule has 1 amide bonds. The Morgan fingerprint density at radius 1 is 1.27 bits per heavy atom. The van der Waals surface area contributed by atoms with Gasteiger partial charge in [0.2, 0.25) is 0 Å². The number of nitrogens with zero attached hydrogens (tertiary/aromatic N) is 2. The zero-order valence-electron chi connectivity index (χ0n) is 15.1. The maximum Gasteiger partial charge on any atom is 0.259 e. The van der Waals surface area contributed by atoms with Gasteiger partial charge < -0.3 is 14.4 Å². The van der Waals surface area contributed by atoms with Crippen LogP contribution in [0.4, 0.5) is 0 Å². The van der Waals surface area contributed by atoms with E-state index in [1.807, 2.05) is 37.3 Å². The lowest BCUT2D eigenvalue weighted by Gasteiger charge is -2.40. The van der Waals surface area contributed by atoms with E-state index in [0.717, 1.165) is 12.0 Å². The van der Waals surface area contributed by atoms with Gasteiger partial charge in [-0.25, -0.2) is 0 Å². The van der Waals surface area contributed by atoms with Crippen molar-refractivity contribution in [3.63, 3.8) is 0 Å². The Balaban J connectivity index is 1.97. The van der Waals surface area contributed by atoms with Gasteiger partial charge in [0.1, 0.15) is 17.6 Å². The molecule has 0 aromatic heterocycles. The fraction of sp³-hybridized carbons (Fsp3) is 0.333. The number of hydrogen-bond donors (Lipinski definition) is 0. The van der Waals surface area contributed by atoms with Crippen LogP contribution in [0.15, 0.2) is 48.5 Å². The Bertz CT molecular complexity index is 839. The van der Waals surface area contributed by atoms with Crippen molar-refractivity contribution in [3.05, 3.63) is 59.7 Å². The predicted molar refractivity (Wildman–Crippen MR) is 97.8 cm³/mol. The summed E-state index contributed by atoms with van der Waals surface area (Å²) in [6.07, 6.45) is 1.43. The lowest BCUT2D eigenvalue weighted by Crippen LogP contribution is -2.53. The Labute approximate surface area is 153 Å². The normalized spacial score (nSPS) is 19.9. The third-order valence-electron chi connectivity index (χ3n) is 4.61. The highest BCUT2D eigenvalue weighted by Crippen LogP contribution is 2.37. The van der Waals surface area contributed by atoms with Crippen molar-refractivity contribution in [2.75, 3.05) is 20.2 Å². The summed E-state index contributed by atoms with van der Waals surface area (Å²) in [5.74, 6) is 1.04. The number of benzene rings is 2. The quantitative estimate of drug-likeness (QED) is 0.822. The second kappa shape index (κ2) is 7.59. The second-order valence-corrected chi connectivity index (χ2v) is 6.39. The fourth-order valence-electron chi connectivity index (χ4n) is 3.30. The van der Waals surface area contributed by atoms with Crippen LogP contribution < -0.4 is 4.74 Å². The first-order chi connectivity index (χ1) is 12.6. The van der Waals surface area contributed by atoms with Crippen molar-refractivity contribution < 1.29 is 14.3 Å². The maximum absolute atomic E-state index is 12.9. The first kappa shape index (κ1) is 18.0. The number of para-hydroxylation sites is 1. The third kappa shape index (κ3) is 3.29. The summed E-state index contributed by atoms with van der Waals surface area (Å²) in [6, 6.07) is 16.6. The molecule has 0 N–H and O–H groups in total. The van der Waals surface area contributed by atoms with E-state index < -0.39 is 5.60 Å². The molecule has 1 atom stereocenters. The number of carbonyl (C=O) groups is 1. The number of rotatable bonds is 5. The molecule has 1 fully saturated rings. The molecule has 134 valence electrons. The summed E-state index contributed by atoms with van der Waals surface area (Å²) >= 11 is 0. The topological polar surface area (TPSA) is 62.6 Å². The molecular formula is C21H22N2O3. The van der Waals surface area contributed by atoms with Gasteiger partial charge in [-0.15, -0.1) is 0 Å². The first-order valence-electron chi connectivity index (χ1n) is 8.78. The van der Waals surface area contributed by atoms with Crippen LogP contribution in [0.3, 0.4) is 0 Å². The van der Waals surface area contributed by atoms with E-state index in [1.165, 1.54) is 0 Å². The van der Waals surface area contributed by atoms with Gasteiger partial charge in [-0.3, -0.25) is 4.79 Å². The van der Waals surface area contributed by atoms with Gasteiger partial charge in [-0.1, -0.05) is 37.6 Å². The van der Waals surface area contributed by atoms with Gasteiger partial charge in [0.05, 0.1) is 12.2 Å². The van der Waals surface area contributed by atoms with Gasteiger partial charge in [-0.05, 0) is 36.2 Å². The molecule has 2 aromatic rings. The van der Waals surface area contributed by atoms with E-state index in [-0.39, 0.29) is 5.91 Å². The minimum Gasteiger partial charge on any atom is -0.456 e. The van der Waals surface area contributed by atoms with Gasteiger partial charge in [-0.2, -0.15) is 5.26 Å². The zero-order valence-corrected chi connectivity index (χ0v) is 15.1. The molecule has 5 nitrogen and oxygen atoms in total. The van der Waals surface area contributed by atoms with Crippen molar-refractivity contribution in [2.45, 2.75) is 25.4 Å². The van der Waals surface area contributed by atoms with Gasteiger partial charge in [0.15, 0.2) is 5.60 Å². The standard InChI is InChI=1S/C21H22N2O3/c1-3-11-21(20(24)23(2)12-13-25-21)17-8-6-9-18(14-17)26-19-10-5-4-7-16(19)15-22/h4-10,14H,3,11-13H2,1-2H3. The number of likely N-dealkylation sites (N-methyl/N-ethyl adjacent to an activating group) is 1. The van der Waals surface area contributed by atoms with E-state index in [9.17, 15) is 10.1 Å². The first-order valence-corrected chi connectivity index (χ1v) is 8.78. The molecule has 1 aliphatic heterocycles. The molecule has 0 saturated carbocycles. The molecule has 0 spiro atoms. The fourth-order valence-corrected chi connectivity index (χ4v) is 3.30. The van der Waals surface area contributed by atoms with Crippen molar-refractivity contribution >= 4 is 5.91 Å². The van der Waals surface area contributed by atoms with Crippen LogP contribution in [0.5, 0.6) is 11.5 Å². The van der Waals surface area contributed by atoms with Crippen molar-refractivity contribution in [1.29, 1.82) is 5.26 Å². The maximum atomic E-state index is 12.9. The Kier molecular flexibility index (Phi) is 5.24. The molecular weight excluding hydrogens is 328 g/mol. The van der Waals surface area contributed by atoms with Crippen LogP contribution >= 0.6 is 0 Å². The Hall–Kier alpha value is -2.84. The highest BCUT2D eigenvalue weighted by atomic mass is 16.5. The molecule has 0 aliphatic carbocycles. The number of ether oxygens (including phenoxy) is 2. The summed E-state index contributed by atoms with van der Waals surface area (Å²) in [5.41, 5.74) is 0.268. The van der Waals surface area contributed by atoms with Gasteiger partial charge in [0, 0.05) is 13.6 Å². The molecule has 1 heterocycles. The van der Waals surface area contributed by atoms with Gasteiger partial charge >= 0.3 is 0 Å². The van der Waals surface area contributed by atoms with Crippen molar-refractivity contribution in [3.8, 4) is 17.6 Å². The van der Waals surface area contributed by atoms with E-state index in [4.69, 9.17) is 9.47 Å². The molecule has 0 bridgehead atoms. The summed E-state index contributed by atoms with van der Waals surface area (Å²) in [4.78, 5) is 14.6. The minimum absolute atomic E-state index is 0.0276. The smallest absolute Gasteiger partial charge is 0.259 e. The summed E-state index contributed by atoms with van der Waals surface area (Å²) in [5, 5.41) is 9.23. The number of nitriles is 1. The highest BCUT2D eigenvalue weighted by Gasteiger charge is 2.45. The predicted octanol–water partition coefficient (Wildman–Crippen LogP) is 3.83. The van der Waals surface area contributed by atoms with Crippen LogP contribution in [0, 0.1) is 11.3 Å². The average Bonchev–Trinajstić information content (AvgIpc) is 2.66. The summed E-state index contributed by atoms with van der Waals surface area (Å²) < 4.78 is 11.9. The summed E-state index contributed by atoms with van der Waals surface area (Å²) in [6.45, 7) is 3.14. The van der Waals surface area contributed by atoms with E-state index >= 15 is 0 Å². The van der Waals surface area contributed by atoms with Crippen molar-refractivity contribution in [1.82, 2.24) is 4.90 Å². The van der Waals surface area contributed by atoms with Crippen LogP contribution in [0.2, 0.25) is 0 Å². The number of amides is 1. The van der Waals surface area contributed by atoms with Crippen LogP contribution in [-0.2, 0) is 15.1 Å². The Morgan fingerprint density at radius 2 is 2.08 bits per heavy atom. The molecule has 0 radical (unpaired) electrons.